The van der Waals surface area contributed by atoms with Crippen molar-refractivity contribution in [3.8, 4) is 39.1 Å². The van der Waals surface area contributed by atoms with Crippen LogP contribution in [0.15, 0.2) is 205 Å². The van der Waals surface area contributed by atoms with Crippen LogP contribution in [0.3, 0.4) is 0 Å². The minimum Gasteiger partial charge on any atom is -0.455 e. The van der Waals surface area contributed by atoms with E-state index in [9.17, 15) is 0 Å². The molecule has 0 radical (unpaired) electrons. The maximum atomic E-state index is 7.12. The first-order valence-corrected chi connectivity index (χ1v) is 20.5. The van der Waals surface area contributed by atoms with Crippen LogP contribution in [0, 0.1) is 0 Å². The quantitative estimate of drug-likeness (QED) is 0.161. The number of fused-ring (bicyclic) bond motifs is 21. The first-order chi connectivity index (χ1) is 29.3. The molecule has 2 heterocycles. The van der Waals surface area contributed by atoms with Gasteiger partial charge in [0.25, 0.3) is 0 Å². The van der Waals surface area contributed by atoms with Gasteiger partial charge in [0.2, 0.25) is 0 Å². The number of para-hydroxylation sites is 3. The number of hydrogen-bond donors (Lipinski definition) is 0. The van der Waals surface area contributed by atoms with Crippen molar-refractivity contribution in [3.63, 3.8) is 0 Å². The van der Waals surface area contributed by atoms with Crippen LogP contribution < -0.4 is 0 Å². The minimum absolute atomic E-state index is 0.559. The molecule has 2 heteroatoms. The number of aromatic nitrogens is 1. The van der Waals surface area contributed by atoms with Gasteiger partial charge in [0.1, 0.15) is 11.2 Å². The van der Waals surface area contributed by atoms with Crippen LogP contribution in [0.25, 0.3) is 104 Å². The van der Waals surface area contributed by atoms with Crippen molar-refractivity contribution in [1.29, 1.82) is 0 Å². The third-order valence-electron chi connectivity index (χ3n) is 13.6. The highest BCUT2D eigenvalue weighted by atomic mass is 16.3. The molecule has 2 aliphatic rings. The summed E-state index contributed by atoms with van der Waals surface area (Å²) in [5.74, 6) is 0. The van der Waals surface area contributed by atoms with Gasteiger partial charge in [-0.05, 0) is 114 Å². The molecular weight excluding hydrogens is 715 g/mol. The summed E-state index contributed by atoms with van der Waals surface area (Å²) in [6.45, 7) is 0. The van der Waals surface area contributed by atoms with Crippen LogP contribution in [0.1, 0.15) is 22.3 Å². The molecule has 0 fully saturated rings. The van der Waals surface area contributed by atoms with E-state index in [-0.39, 0.29) is 0 Å². The summed E-state index contributed by atoms with van der Waals surface area (Å²) in [7, 11) is 0. The molecule has 2 aliphatic carbocycles. The van der Waals surface area contributed by atoms with Crippen LogP contribution in [-0.4, -0.2) is 4.57 Å². The summed E-state index contributed by atoms with van der Waals surface area (Å²) in [6.07, 6.45) is 0. The minimum atomic E-state index is -0.559. The lowest BCUT2D eigenvalue weighted by Crippen LogP contribution is -2.26. The van der Waals surface area contributed by atoms with Crippen LogP contribution >= 0.6 is 0 Å². The van der Waals surface area contributed by atoms with E-state index in [2.05, 4.69) is 205 Å². The summed E-state index contributed by atoms with van der Waals surface area (Å²) < 4.78 is 9.57. The fourth-order valence-corrected chi connectivity index (χ4v) is 11.3. The van der Waals surface area contributed by atoms with E-state index >= 15 is 0 Å². The van der Waals surface area contributed by atoms with E-state index in [1.807, 2.05) is 0 Å². The summed E-state index contributed by atoms with van der Waals surface area (Å²) in [6, 6.07) is 74.2. The number of hydrogen-bond acceptors (Lipinski definition) is 1. The molecule has 0 bridgehead atoms. The largest absolute Gasteiger partial charge is 0.455 e. The molecule has 59 heavy (non-hydrogen) atoms. The van der Waals surface area contributed by atoms with Gasteiger partial charge in [-0.3, -0.25) is 0 Å². The molecule has 2 aromatic heterocycles. The first-order valence-electron chi connectivity index (χ1n) is 20.5. The Hall–Kier alpha value is -7.68. The van der Waals surface area contributed by atoms with Crippen molar-refractivity contribution in [3.05, 3.63) is 222 Å². The van der Waals surface area contributed by atoms with E-state index in [1.165, 1.54) is 93.2 Å². The molecule has 0 aliphatic heterocycles. The third kappa shape index (κ3) is 3.87. The van der Waals surface area contributed by atoms with Crippen molar-refractivity contribution >= 4 is 65.3 Å². The summed E-state index contributed by atoms with van der Waals surface area (Å²) in [5.41, 5.74) is 17.5. The van der Waals surface area contributed by atoms with E-state index < -0.39 is 5.41 Å². The lowest BCUT2D eigenvalue weighted by molar-refractivity contribution is 0.669. The molecule has 14 rings (SSSR count). The van der Waals surface area contributed by atoms with Gasteiger partial charge < -0.3 is 8.98 Å². The van der Waals surface area contributed by atoms with Gasteiger partial charge in [0, 0.05) is 32.8 Å². The highest BCUT2D eigenvalue weighted by Gasteiger charge is 2.53. The average molecular weight is 748 g/mol. The lowest BCUT2D eigenvalue weighted by atomic mass is 9.70. The topological polar surface area (TPSA) is 18.1 Å². The zero-order valence-electron chi connectivity index (χ0n) is 31.9. The zero-order chi connectivity index (χ0) is 38.4. The van der Waals surface area contributed by atoms with Crippen molar-refractivity contribution in [2.75, 3.05) is 0 Å². The predicted molar refractivity (Wildman–Crippen MR) is 245 cm³/mol. The Kier molecular flexibility index (Phi) is 5.99. The smallest absolute Gasteiger partial charge is 0.143 e. The van der Waals surface area contributed by atoms with Gasteiger partial charge in [-0.1, -0.05) is 158 Å². The number of benzene rings is 10. The Morgan fingerprint density at radius 2 is 1.02 bits per heavy atom. The Morgan fingerprint density at radius 3 is 1.85 bits per heavy atom. The molecule has 0 unspecified atom stereocenters. The maximum absolute atomic E-state index is 7.12. The monoisotopic (exact) mass is 747 g/mol. The van der Waals surface area contributed by atoms with Crippen molar-refractivity contribution in [1.82, 2.24) is 4.57 Å². The molecule has 0 saturated heterocycles. The molecule has 0 amide bonds. The predicted octanol–water partition coefficient (Wildman–Crippen LogP) is 15.0. The zero-order valence-corrected chi connectivity index (χ0v) is 31.9. The molecule has 0 atom stereocenters. The van der Waals surface area contributed by atoms with E-state index in [0.29, 0.717) is 0 Å². The second kappa shape index (κ2) is 11.2. The van der Waals surface area contributed by atoms with Crippen LogP contribution in [0.2, 0.25) is 0 Å². The van der Waals surface area contributed by atoms with Crippen molar-refractivity contribution < 1.29 is 4.42 Å². The van der Waals surface area contributed by atoms with Gasteiger partial charge >= 0.3 is 0 Å². The number of rotatable bonds is 2. The molecular formula is C57H33NO. The normalized spacial score (nSPS) is 13.6. The van der Waals surface area contributed by atoms with Crippen molar-refractivity contribution in [2.45, 2.75) is 5.41 Å². The SMILES string of the molecule is c1ccc(-n2c3ccccc3c3c4c(ccc32)C2(c3ccccc3-c3ccccc32)c2cc(-c3ccc5c(ccc6ccccc65)c3)c3oc5ccccc5c3c2-4)cc1. The molecule has 0 saturated carbocycles. The third-order valence-corrected chi connectivity index (χ3v) is 13.6. The second-order valence-corrected chi connectivity index (χ2v) is 16.3. The van der Waals surface area contributed by atoms with Crippen LogP contribution in [0.4, 0.5) is 0 Å². The van der Waals surface area contributed by atoms with E-state index in [1.54, 1.807) is 0 Å². The van der Waals surface area contributed by atoms with Gasteiger partial charge in [-0.2, -0.15) is 0 Å². The van der Waals surface area contributed by atoms with E-state index in [4.69, 9.17) is 4.42 Å². The highest BCUT2D eigenvalue weighted by molar-refractivity contribution is 6.26. The van der Waals surface area contributed by atoms with E-state index in [0.717, 1.165) is 33.4 Å². The average Bonchev–Trinajstić information content (AvgIpc) is 4.02. The Labute approximate surface area is 339 Å². The van der Waals surface area contributed by atoms with Crippen LogP contribution in [-0.2, 0) is 5.41 Å². The van der Waals surface area contributed by atoms with Gasteiger partial charge in [0.05, 0.1) is 16.4 Å². The summed E-state index contributed by atoms with van der Waals surface area (Å²) in [4.78, 5) is 0. The lowest BCUT2D eigenvalue weighted by Gasteiger charge is -2.31. The molecule has 1 spiro atoms. The molecule has 2 nitrogen and oxygen atoms in total. The molecule has 12 aromatic rings. The van der Waals surface area contributed by atoms with Gasteiger partial charge in [0.15, 0.2) is 0 Å². The maximum Gasteiger partial charge on any atom is 0.143 e. The highest BCUT2D eigenvalue weighted by Crippen LogP contribution is 2.66. The second-order valence-electron chi connectivity index (χ2n) is 16.3. The number of furan rings is 1. The molecule has 0 N–H and O–H groups in total. The fourth-order valence-electron chi connectivity index (χ4n) is 11.3. The fraction of sp³-hybridized carbons (Fsp3) is 0.0175. The Morgan fingerprint density at radius 1 is 0.373 bits per heavy atom. The standard InChI is InChI=1S/C57H33NO/c1-2-15-37(16-3-1)58-49-24-12-8-20-42(49)52-50(58)31-30-47-54(52)55-48(57(47)45-22-10-6-18-40(45)41-19-7-11-23-46(41)57)33-44(56-53(55)43-21-9-13-25-51(43)59-56)36-28-29-39-35(32-36)27-26-34-14-4-5-17-38(34)39/h1-33H. The Bertz CT molecular complexity index is 3740. The number of nitrogens with zero attached hydrogens (tertiary/aromatic N) is 1. The van der Waals surface area contributed by atoms with Crippen molar-refractivity contribution in [2.24, 2.45) is 0 Å². The molecule has 272 valence electrons. The van der Waals surface area contributed by atoms with Gasteiger partial charge in [-0.15, -0.1) is 0 Å². The summed E-state index contributed by atoms with van der Waals surface area (Å²) >= 11 is 0. The Balaban J connectivity index is 1.21. The summed E-state index contributed by atoms with van der Waals surface area (Å²) in [5, 5.41) is 9.84. The molecule has 10 aromatic carbocycles. The first kappa shape index (κ1) is 31.4. The van der Waals surface area contributed by atoms with Crippen LogP contribution in [0.5, 0.6) is 0 Å². The van der Waals surface area contributed by atoms with Gasteiger partial charge in [-0.25, -0.2) is 0 Å².